The Bertz CT molecular complexity index is 529. The van der Waals surface area contributed by atoms with E-state index < -0.39 is 0 Å². The van der Waals surface area contributed by atoms with Crippen LogP contribution in [0.3, 0.4) is 0 Å². The molecule has 19 heavy (non-hydrogen) atoms. The van der Waals surface area contributed by atoms with Gasteiger partial charge in [0.1, 0.15) is 12.0 Å². The van der Waals surface area contributed by atoms with E-state index in [0.717, 1.165) is 5.69 Å². The Morgan fingerprint density at radius 1 is 1.37 bits per heavy atom. The second kappa shape index (κ2) is 5.83. The highest BCUT2D eigenvalue weighted by atomic mass is 32.1. The number of hydrogen-bond donors (Lipinski definition) is 1. The van der Waals surface area contributed by atoms with Crippen molar-refractivity contribution in [3.8, 4) is 5.88 Å². The van der Waals surface area contributed by atoms with E-state index in [4.69, 9.17) is 10.5 Å². The smallest absolute Gasteiger partial charge is 0.242 e. The average Bonchev–Trinajstić information content (AvgIpc) is 2.84. The standard InChI is InChI=1S/C12H17N5OS/c1-8(2)18-12-10(13)11(14-6-15-12)17(3)4-9-5-19-7-16-9/h5-8H,4,13H2,1-3H3. The summed E-state index contributed by atoms with van der Waals surface area (Å²) in [6.45, 7) is 4.51. The number of nitrogen functional groups attached to an aromatic ring is 1. The number of rotatable bonds is 5. The minimum Gasteiger partial charge on any atom is -0.473 e. The summed E-state index contributed by atoms with van der Waals surface area (Å²) < 4.78 is 5.55. The Kier molecular flexibility index (Phi) is 4.16. The van der Waals surface area contributed by atoms with Gasteiger partial charge in [-0.05, 0) is 13.8 Å². The van der Waals surface area contributed by atoms with Gasteiger partial charge < -0.3 is 15.4 Å². The summed E-state index contributed by atoms with van der Waals surface area (Å²) in [7, 11) is 1.91. The van der Waals surface area contributed by atoms with Gasteiger partial charge in [-0.25, -0.2) is 9.97 Å². The number of anilines is 2. The van der Waals surface area contributed by atoms with Crippen molar-refractivity contribution in [2.75, 3.05) is 17.7 Å². The summed E-state index contributed by atoms with van der Waals surface area (Å²) >= 11 is 1.57. The van der Waals surface area contributed by atoms with E-state index in [-0.39, 0.29) is 6.10 Å². The van der Waals surface area contributed by atoms with E-state index in [0.29, 0.717) is 23.9 Å². The molecule has 0 unspecified atom stereocenters. The van der Waals surface area contributed by atoms with Crippen molar-refractivity contribution in [1.82, 2.24) is 15.0 Å². The van der Waals surface area contributed by atoms with Crippen molar-refractivity contribution < 1.29 is 4.74 Å². The van der Waals surface area contributed by atoms with E-state index in [2.05, 4.69) is 15.0 Å². The molecule has 0 fully saturated rings. The van der Waals surface area contributed by atoms with E-state index in [1.807, 2.05) is 31.2 Å². The zero-order valence-electron chi connectivity index (χ0n) is 11.2. The van der Waals surface area contributed by atoms with Gasteiger partial charge in [-0.15, -0.1) is 11.3 Å². The maximum absolute atomic E-state index is 6.05. The van der Waals surface area contributed by atoms with Gasteiger partial charge in [0.2, 0.25) is 5.88 Å². The number of ether oxygens (including phenoxy) is 1. The fraction of sp³-hybridized carbons (Fsp3) is 0.417. The number of aromatic nitrogens is 3. The molecule has 0 aliphatic heterocycles. The summed E-state index contributed by atoms with van der Waals surface area (Å²) in [5, 5.41) is 2.00. The second-order valence-corrected chi connectivity index (χ2v) is 5.14. The van der Waals surface area contributed by atoms with Crippen LogP contribution in [0.1, 0.15) is 19.5 Å². The molecule has 0 aromatic carbocycles. The maximum Gasteiger partial charge on any atom is 0.242 e. The summed E-state index contributed by atoms with van der Waals surface area (Å²) in [6, 6.07) is 0. The van der Waals surface area contributed by atoms with Gasteiger partial charge in [-0.3, -0.25) is 0 Å². The Morgan fingerprint density at radius 3 is 2.79 bits per heavy atom. The molecule has 0 amide bonds. The number of nitrogens with two attached hydrogens (primary N) is 1. The minimum absolute atomic E-state index is 0.0221. The molecule has 0 aliphatic rings. The first-order chi connectivity index (χ1) is 9.08. The van der Waals surface area contributed by atoms with Crippen molar-refractivity contribution in [3.63, 3.8) is 0 Å². The van der Waals surface area contributed by atoms with Crippen LogP contribution in [0.4, 0.5) is 11.5 Å². The molecule has 0 bridgehead atoms. The molecule has 7 heteroatoms. The van der Waals surface area contributed by atoms with Gasteiger partial charge in [0, 0.05) is 12.4 Å². The second-order valence-electron chi connectivity index (χ2n) is 4.42. The van der Waals surface area contributed by atoms with Gasteiger partial charge in [-0.1, -0.05) is 0 Å². The van der Waals surface area contributed by atoms with Gasteiger partial charge in [0.15, 0.2) is 5.82 Å². The SMILES string of the molecule is CC(C)Oc1ncnc(N(C)Cc2cscn2)c1N. The highest BCUT2D eigenvalue weighted by Crippen LogP contribution is 2.28. The lowest BCUT2D eigenvalue weighted by Gasteiger charge is -2.20. The highest BCUT2D eigenvalue weighted by molar-refractivity contribution is 7.07. The van der Waals surface area contributed by atoms with Crippen molar-refractivity contribution in [2.45, 2.75) is 26.5 Å². The summed E-state index contributed by atoms with van der Waals surface area (Å²) in [4.78, 5) is 14.4. The van der Waals surface area contributed by atoms with E-state index >= 15 is 0 Å². The molecule has 0 radical (unpaired) electrons. The van der Waals surface area contributed by atoms with Crippen molar-refractivity contribution >= 4 is 22.8 Å². The summed E-state index contributed by atoms with van der Waals surface area (Å²) in [6.07, 6.45) is 1.48. The zero-order chi connectivity index (χ0) is 13.8. The Morgan fingerprint density at radius 2 is 2.16 bits per heavy atom. The van der Waals surface area contributed by atoms with Gasteiger partial charge >= 0.3 is 0 Å². The van der Waals surface area contributed by atoms with E-state index in [9.17, 15) is 0 Å². The van der Waals surface area contributed by atoms with E-state index in [1.54, 1.807) is 16.8 Å². The molecule has 2 aromatic rings. The van der Waals surface area contributed by atoms with Crippen molar-refractivity contribution in [2.24, 2.45) is 0 Å². The third kappa shape index (κ3) is 3.31. The lowest BCUT2D eigenvalue weighted by molar-refractivity contribution is 0.234. The Hall–Kier alpha value is -1.89. The molecule has 2 aromatic heterocycles. The summed E-state index contributed by atoms with van der Waals surface area (Å²) in [5.74, 6) is 1.07. The van der Waals surface area contributed by atoms with Crippen molar-refractivity contribution in [1.29, 1.82) is 0 Å². The Labute approximate surface area is 116 Å². The third-order valence-corrected chi connectivity index (χ3v) is 3.05. The fourth-order valence-electron chi connectivity index (χ4n) is 1.63. The van der Waals surface area contributed by atoms with Crippen LogP contribution >= 0.6 is 11.3 Å². The van der Waals surface area contributed by atoms with Crippen LogP contribution in [-0.2, 0) is 6.54 Å². The molecule has 6 nitrogen and oxygen atoms in total. The van der Waals surface area contributed by atoms with Crippen LogP contribution in [0.2, 0.25) is 0 Å². The largest absolute Gasteiger partial charge is 0.473 e. The number of thiazole rings is 1. The minimum atomic E-state index is 0.0221. The van der Waals surface area contributed by atoms with Gasteiger partial charge in [0.25, 0.3) is 0 Å². The lowest BCUT2D eigenvalue weighted by atomic mass is 10.3. The zero-order valence-corrected chi connectivity index (χ0v) is 12.0. The lowest BCUT2D eigenvalue weighted by Crippen LogP contribution is -2.20. The van der Waals surface area contributed by atoms with Crippen LogP contribution in [-0.4, -0.2) is 28.1 Å². The predicted octanol–water partition coefficient (Wildman–Crippen LogP) is 1.94. The number of hydrogen-bond acceptors (Lipinski definition) is 7. The first-order valence-corrected chi connectivity index (χ1v) is 6.87. The maximum atomic E-state index is 6.05. The first kappa shape index (κ1) is 13.5. The molecule has 0 spiro atoms. The normalized spacial score (nSPS) is 10.7. The monoisotopic (exact) mass is 279 g/mol. The third-order valence-electron chi connectivity index (χ3n) is 2.42. The molecule has 0 saturated carbocycles. The Balaban J connectivity index is 2.19. The molecule has 0 aliphatic carbocycles. The molecular formula is C12H17N5OS. The van der Waals surface area contributed by atoms with Gasteiger partial charge in [-0.2, -0.15) is 4.98 Å². The molecular weight excluding hydrogens is 262 g/mol. The van der Waals surface area contributed by atoms with E-state index in [1.165, 1.54) is 6.33 Å². The van der Waals surface area contributed by atoms with Crippen LogP contribution in [0.5, 0.6) is 5.88 Å². The van der Waals surface area contributed by atoms with Crippen LogP contribution in [0.15, 0.2) is 17.2 Å². The van der Waals surface area contributed by atoms with Crippen molar-refractivity contribution in [3.05, 3.63) is 22.9 Å². The number of nitrogens with zero attached hydrogens (tertiary/aromatic N) is 4. The molecule has 2 rings (SSSR count). The van der Waals surface area contributed by atoms with Crippen LogP contribution in [0, 0.1) is 0 Å². The average molecular weight is 279 g/mol. The molecule has 0 atom stereocenters. The highest BCUT2D eigenvalue weighted by Gasteiger charge is 2.14. The fourth-order valence-corrected chi connectivity index (χ4v) is 2.18. The molecule has 2 N–H and O–H groups in total. The topological polar surface area (TPSA) is 77.2 Å². The van der Waals surface area contributed by atoms with Gasteiger partial charge in [0.05, 0.1) is 23.9 Å². The first-order valence-electron chi connectivity index (χ1n) is 5.93. The van der Waals surface area contributed by atoms with Crippen LogP contribution in [0.25, 0.3) is 0 Å². The summed E-state index contributed by atoms with van der Waals surface area (Å²) in [5.41, 5.74) is 9.29. The van der Waals surface area contributed by atoms with Crippen LogP contribution < -0.4 is 15.4 Å². The predicted molar refractivity (Wildman–Crippen MR) is 76.4 cm³/mol. The molecule has 102 valence electrons. The quantitative estimate of drug-likeness (QED) is 0.901. The molecule has 2 heterocycles. The molecule has 0 saturated heterocycles.